The molecule has 96 valence electrons. The Morgan fingerprint density at radius 3 is 1.31 bits per heavy atom. The molecule has 16 heavy (non-hydrogen) atoms. The molecule has 0 spiro atoms. The molecule has 0 saturated carbocycles. The van der Waals surface area contributed by atoms with Crippen molar-refractivity contribution in [2.45, 2.75) is 52.7 Å². The molecule has 5 heteroatoms. The Morgan fingerprint density at radius 1 is 0.875 bits per heavy atom. The van der Waals surface area contributed by atoms with Crippen LogP contribution in [0.5, 0.6) is 0 Å². The van der Waals surface area contributed by atoms with Gasteiger partial charge in [-0.1, -0.05) is 64.7 Å². The number of hydrogen-bond donors (Lipinski definition) is 0. The average Bonchev–Trinajstić information content (AvgIpc) is 1.99. The van der Waals surface area contributed by atoms with Crippen LogP contribution in [-0.4, -0.2) is 17.3 Å². The summed E-state index contributed by atoms with van der Waals surface area (Å²) < 4.78 is 9.80. The molecule has 0 rings (SSSR count). The number of alkyl halides is 2. The second-order valence-electron chi connectivity index (χ2n) is 5.85. The van der Waals surface area contributed by atoms with Gasteiger partial charge in [0, 0.05) is 10.8 Å². The standard InChI is InChI=1S/C11H20Cl2O3/c1-10(2,3)7(12)15-9(14)16-8(13)11(4,5)6/h7-8H,1-6H3. The van der Waals surface area contributed by atoms with Gasteiger partial charge in [0.1, 0.15) is 0 Å². The highest BCUT2D eigenvalue weighted by Crippen LogP contribution is 2.28. The zero-order valence-corrected chi connectivity index (χ0v) is 12.1. The van der Waals surface area contributed by atoms with E-state index in [4.69, 9.17) is 32.7 Å². The third-order valence-electron chi connectivity index (χ3n) is 1.76. The van der Waals surface area contributed by atoms with Crippen molar-refractivity contribution in [3.8, 4) is 0 Å². The van der Waals surface area contributed by atoms with E-state index in [0.717, 1.165) is 0 Å². The Morgan fingerprint density at radius 2 is 1.12 bits per heavy atom. The SMILES string of the molecule is CC(C)(C)C(Cl)OC(=O)OC(Cl)C(C)(C)C. The number of carbonyl (C=O) groups is 1. The molecule has 0 aromatic rings. The lowest BCUT2D eigenvalue weighted by atomic mass is 9.98. The lowest BCUT2D eigenvalue weighted by Crippen LogP contribution is -2.31. The van der Waals surface area contributed by atoms with Crippen LogP contribution in [0.15, 0.2) is 0 Å². The van der Waals surface area contributed by atoms with Gasteiger partial charge in [-0.25, -0.2) is 4.79 Å². The predicted octanol–water partition coefficient (Wildman–Crippen LogP) is 4.36. The van der Waals surface area contributed by atoms with Gasteiger partial charge in [-0.2, -0.15) is 0 Å². The monoisotopic (exact) mass is 270 g/mol. The van der Waals surface area contributed by atoms with E-state index in [0.29, 0.717) is 0 Å². The first-order valence-electron chi connectivity index (χ1n) is 5.10. The van der Waals surface area contributed by atoms with E-state index in [-0.39, 0.29) is 10.8 Å². The maximum atomic E-state index is 11.3. The fourth-order valence-electron chi connectivity index (χ4n) is 0.550. The van der Waals surface area contributed by atoms with Crippen LogP contribution in [0.25, 0.3) is 0 Å². The van der Waals surface area contributed by atoms with E-state index in [1.165, 1.54) is 0 Å². The third kappa shape index (κ3) is 5.80. The van der Waals surface area contributed by atoms with Crippen molar-refractivity contribution in [2.75, 3.05) is 0 Å². The summed E-state index contributed by atoms with van der Waals surface area (Å²) in [4.78, 5) is 11.3. The van der Waals surface area contributed by atoms with Gasteiger partial charge in [0.2, 0.25) is 0 Å². The Balaban J connectivity index is 4.21. The fraction of sp³-hybridized carbons (Fsp3) is 0.909. The van der Waals surface area contributed by atoms with Gasteiger partial charge in [-0.15, -0.1) is 0 Å². The first-order chi connectivity index (χ1) is 6.94. The third-order valence-corrected chi connectivity index (χ3v) is 3.25. The molecule has 2 atom stereocenters. The van der Waals surface area contributed by atoms with Gasteiger partial charge >= 0.3 is 6.16 Å². The molecule has 2 unspecified atom stereocenters. The largest absolute Gasteiger partial charge is 0.511 e. The maximum absolute atomic E-state index is 11.3. The molecule has 3 nitrogen and oxygen atoms in total. The normalized spacial score (nSPS) is 16.5. The summed E-state index contributed by atoms with van der Waals surface area (Å²) in [7, 11) is 0. The van der Waals surface area contributed by atoms with Crippen LogP contribution in [0.4, 0.5) is 4.79 Å². The zero-order chi connectivity index (χ0) is 13.1. The Labute approximate surface area is 107 Å². The number of carbonyl (C=O) groups excluding carboxylic acids is 1. The Hall–Kier alpha value is -0.150. The van der Waals surface area contributed by atoms with E-state index in [1.807, 2.05) is 41.5 Å². The first-order valence-corrected chi connectivity index (χ1v) is 5.97. The molecule has 0 fully saturated rings. The molecule has 0 heterocycles. The number of hydrogen-bond acceptors (Lipinski definition) is 3. The molecule has 0 aromatic carbocycles. The van der Waals surface area contributed by atoms with E-state index in [9.17, 15) is 4.79 Å². The smallest absolute Gasteiger partial charge is 0.414 e. The van der Waals surface area contributed by atoms with Gasteiger partial charge in [-0.05, 0) is 0 Å². The maximum Gasteiger partial charge on any atom is 0.511 e. The van der Waals surface area contributed by atoms with Crippen molar-refractivity contribution in [3.63, 3.8) is 0 Å². The van der Waals surface area contributed by atoms with Gasteiger partial charge in [0.15, 0.2) is 11.1 Å². The molecular formula is C11H20Cl2O3. The van der Waals surface area contributed by atoms with Crippen LogP contribution in [-0.2, 0) is 9.47 Å². The van der Waals surface area contributed by atoms with Crippen LogP contribution in [0, 0.1) is 10.8 Å². The summed E-state index contributed by atoms with van der Waals surface area (Å²) in [6.07, 6.45) is -0.843. The molecule has 0 saturated heterocycles. The quantitative estimate of drug-likeness (QED) is 0.553. The highest BCUT2D eigenvalue weighted by atomic mass is 35.5. The minimum Gasteiger partial charge on any atom is -0.414 e. The molecular weight excluding hydrogens is 251 g/mol. The second kappa shape index (κ2) is 5.46. The van der Waals surface area contributed by atoms with Crippen LogP contribution in [0.3, 0.4) is 0 Å². The fourth-order valence-corrected chi connectivity index (χ4v) is 0.696. The molecule has 0 radical (unpaired) electrons. The molecule has 0 aliphatic heterocycles. The van der Waals surface area contributed by atoms with E-state index in [2.05, 4.69) is 0 Å². The Bertz CT molecular complexity index is 217. The first kappa shape index (κ1) is 15.9. The van der Waals surface area contributed by atoms with E-state index in [1.54, 1.807) is 0 Å². The average molecular weight is 271 g/mol. The minimum atomic E-state index is -0.843. The summed E-state index contributed by atoms with van der Waals surface area (Å²) in [5.74, 6) is 0. The number of rotatable bonds is 2. The molecule has 0 bridgehead atoms. The lowest BCUT2D eigenvalue weighted by molar-refractivity contribution is -0.00952. The van der Waals surface area contributed by atoms with Crippen LogP contribution < -0.4 is 0 Å². The molecule has 0 amide bonds. The van der Waals surface area contributed by atoms with Crippen molar-refractivity contribution in [1.82, 2.24) is 0 Å². The molecule has 0 aliphatic rings. The second-order valence-corrected chi connectivity index (χ2v) is 6.64. The highest BCUT2D eigenvalue weighted by Gasteiger charge is 2.30. The Kier molecular flexibility index (Phi) is 5.40. The van der Waals surface area contributed by atoms with E-state index < -0.39 is 17.3 Å². The van der Waals surface area contributed by atoms with Crippen molar-refractivity contribution in [2.24, 2.45) is 10.8 Å². The molecule has 0 aliphatic carbocycles. The molecule has 0 N–H and O–H groups in total. The van der Waals surface area contributed by atoms with Gasteiger partial charge in [0.25, 0.3) is 0 Å². The summed E-state index contributed by atoms with van der Waals surface area (Å²) >= 11 is 11.8. The van der Waals surface area contributed by atoms with Crippen molar-refractivity contribution >= 4 is 29.4 Å². The topological polar surface area (TPSA) is 35.5 Å². The summed E-state index contributed by atoms with van der Waals surface area (Å²) in [6.45, 7) is 11.2. The van der Waals surface area contributed by atoms with Crippen LogP contribution >= 0.6 is 23.2 Å². The predicted molar refractivity (Wildman–Crippen MR) is 65.8 cm³/mol. The summed E-state index contributed by atoms with van der Waals surface area (Å²) in [5, 5.41) is 0. The van der Waals surface area contributed by atoms with Gasteiger partial charge in [-0.3, -0.25) is 0 Å². The van der Waals surface area contributed by atoms with Crippen LogP contribution in [0.2, 0.25) is 0 Å². The highest BCUT2D eigenvalue weighted by molar-refractivity contribution is 6.21. The lowest BCUT2D eigenvalue weighted by Gasteiger charge is -2.27. The van der Waals surface area contributed by atoms with E-state index >= 15 is 0 Å². The summed E-state index contributed by atoms with van der Waals surface area (Å²) in [6, 6.07) is 0. The minimum absolute atomic E-state index is 0.343. The van der Waals surface area contributed by atoms with Crippen molar-refractivity contribution in [1.29, 1.82) is 0 Å². The number of halogens is 2. The van der Waals surface area contributed by atoms with Crippen molar-refractivity contribution in [3.05, 3.63) is 0 Å². The number of ether oxygens (including phenoxy) is 2. The van der Waals surface area contributed by atoms with Crippen molar-refractivity contribution < 1.29 is 14.3 Å². The zero-order valence-electron chi connectivity index (χ0n) is 10.6. The van der Waals surface area contributed by atoms with Gasteiger partial charge in [0.05, 0.1) is 0 Å². The van der Waals surface area contributed by atoms with Gasteiger partial charge < -0.3 is 9.47 Å². The summed E-state index contributed by atoms with van der Waals surface area (Å²) in [5.41, 5.74) is -2.18. The van der Waals surface area contributed by atoms with Crippen LogP contribution in [0.1, 0.15) is 41.5 Å². The molecule has 0 aromatic heterocycles.